The maximum absolute atomic E-state index is 5.76. The number of nitrogens with two attached hydrogens (primary N) is 1. The van der Waals surface area contributed by atoms with Crippen LogP contribution < -0.4 is 5.73 Å². The molecule has 24 heavy (non-hydrogen) atoms. The van der Waals surface area contributed by atoms with Gasteiger partial charge in [-0.25, -0.2) is 0 Å². The van der Waals surface area contributed by atoms with E-state index in [9.17, 15) is 0 Å². The summed E-state index contributed by atoms with van der Waals surface area (Å²) in [4.78, 5) is 0. The van der Waals surface area contributed by atoms with Crippen LogP contribution in [0.1, 0.15) is 85.0 Å². The Morgan fingerprint density at radius 3 is 2.67 bits per heavy atom. The fourth-order valence-corrected chi connectivity index (χ4v) is 6.87. The lowest BCUT2D eigenvalue weighted by molar-refractivity contribution is -0.0403. The zero-order valence-corrected chi connectivity index (χ0v) is 16.4. The highest BCUT2D eigenvalue weighted by Crippen LogP contribution is 2.65. The van der Waals surface area contributed by atoms with Gasteiger partial charge in [0.15, 0.2) is 0 Å². The summed E-state index contributed by atoms with van der Waals surface area (Å²) in [6, 6.07) is 0. The zero-order chi connectivity index (χ0) is 17.4. The van der Waals surface area contributed by atoms with E-state index in [1.54, 1.807) is 0 Å². The first kappa shape index (κ1) is 18.2. The molecule has 1 nitrogen and oxygen atoms in total. The van der Waals surface area contributed by atoms with Crippen molar-refractivity contribution in [3.8, 4) is 0 Å². The minimum absolute atomic E-state index is 0.325. The van der Waals surface area contributed by atoms with Crippen LogP contribution >= 0.6 is 0 Å². The quantitative estimate of drug-likeness (QED) is 0.468. The van der Waals surface area contributed by atoms with E-state index >= 15 is 0 Å². The molecule has 0 amide bonds. The van der Waals surface area contributed by atoms with Crippen molar-refractivity contribution in [1.29, 1.82) is 0 Å². The predicted octanol–water partition coefficient (Wildman–Crippen LogP) is 6.25. The largest absolute Gasteiger partial charge is 0.330 e. The van der Waals surface area contributed by atoms with E-state index in [-0.39, 0.29) is 0 Å². The van der Waals surface area contributed by atoms with Gasteiger partial charge in [0, 0.05) is 0 Å². The predicted molar refractivity (Wildman–Crippen MR) is 105 cm³/mol. The number of fused-ring (bicyclic) bond motifs is 3. The molecule has 0 heterocycles. The first-order valence-electron chi connectivity index (χ1n) is 10.4. The molecule has 136 valence electrons. The highest BCUT2D eigenvalue weighted by Gasteiger charge is 2.56. The molecule has 0 aromatic heterocycles. The van der Waals surface area contributed by atoms with Gasteiger partial charge in [-0.15, -0.1) is 6.58 Å². The minimum atomic E-state index is 0.325. The molecule has 0 spiro atoms. The van der Waals surface area contributed by atoms with E-state index in [4.69, 9.17) is 5.73 Å². The molecular weight excluding hydrogens is 290 g/mol. The number of hydrogen-bond donors (Lipinski definition) is 1. The Hall–Kier alpha value is -0.560. The molecule has 3 aliphatic rings. The van der Waals surface area contributed by atoms with E-state index in [2.05, 4.69) is 39.5 Å². The van der Waals surface area contributed by atoms with Gasteiger partial charge in [-0.3, -0.25) is 0 Å². The molecule has 0 aromatic carbocycles. The normalized spacial score (nSPS) is 45.1. The lowest BCUT2D eigenvalue weighted by atomic mass is 9.44. The van der Waals surface area contributed by atoms with Crippen LogP contribution in [0.25, 0.3) is 0 Å². The smallest absolute Gasteiger partial charge is 0.00773 e. The first-order chi connectivity index (χ1) is 11.4. The average molecular weight is 330 g/mol. The minimum Gasteiger partial charge on any atom is -0.330 e. The van der Waals surface area contributed by atoms with Crippen molar-refractivity contribution < 1.29 is 0 Å². The third-order valence-corrected chi connectivity index (χ3v) is 8.34. The Kier molecular flexibility index (Phi) is 5.04. The fourth-order valence-electron chi connectivity index (χ4n) is 6.87. The Morgan fingerprint density at radius 1 is 1.17 bits per heavy atom. The molecule has 0 unspecified atom stereocenters. The standard InChI is InChI=1S/C23H39N/c1-5-21(2)14-8-10-19-18(21)11-12-20-22(3,13-6-7-17-24)15-9-16-23(19,20)4/h5,10,18,20H,1,6-9,11-17,24H2,2-4H3/t18-,20-,21+,22-,23+/m1/s1. The second-order valence-electron chi connectivity index (χ2n) is 9.76. The Morgan fingerprint density at radius 2 is 1.96 bits per heavy atom. The van der Waals surface area contributed by atoms with Crippen LogP contribution in [0.3, 0.4) is 0 Å². The molecular formula is C23H39N. The van der Waals surface area contributed by atoms with Gasteiger partial charge in [-0.05, 0) is 86.0 Å². The second-order valence-corrected chi connectivity index (χ2v) is 9.76. The van der Waals surface area contributed by atoms with Gasteiger partial charge < -0.3 is 5.73 Å². The monoisotopic (exact) mass is 329 g/mol. The molecule has 0 radical (unpaired) electrons. The molecule has 0 bridgehead atoms. The van der Waals surface area contributed by atoms with Crippen molar-refractivity contribution in [1.82, 2.24) is 0 Å². The number of allylic oxidation sites excluding steroid dienone is 3. The fraction of sp³-hybridized carbons (Fsp3) is 0.826. The van der Waals surface area contributed by atoms with Gasteiger partial charge in [0.1, 0.15) is 0 Å². The molecule has 1 heteroatoms. The van der Waals surface area contributed by atoms with Crippen LogP contribution in [0.4, 0.5) is 0 Å². The van der Waals surface area contributed by atoms with E-state index in [1.807, 2.05) is 5.57 Å². The van der Waals surface area contributed by atoms with Gasteiger partial charge in [-0.2, -0.15) is 0 Å². The van der Waals surface area contributed by atoms with Gasteiger partial charge in [0.2, 0.25) is 0 Å². The maximum atomic E-state index is 5.76. The lowest BCUT2D eigenvalue weighted by Crippen LogP contribution is -2.51. The summed E-state index contributed by atoms with van der Waals surface area (Å²) in [5, 5.41) is 0. The van der Waals surface area contributed by atoms with Crippen LogP contribution in [0.5, 0.6) is 0 Å². The summed E-state index contributed by atoms with van der Waals surface area (Å²) in [7, 11) is 0. The molecule has 0 aromatic rings. The molecule has 5 atom stereocenters. The van der Waals surface area contributed by atoms with Crippen LogP contribution in [0.15, 0.2) is 24.3 Å². The van der Waals surface area contributed by atoms with Crippen molar-refractivity contribution in [3.63, 3.8) is 0 Å². The van der Waals surface area contributed by atoms with E-state index in [0.717, 1.165) is 18.4 Å². The van der Waals surface area contributed by atoms with Crippen LogP contribution in [0, 0.1) is 28.1 Å². The van der Waals surface area contributed by atoms with Crippen molar-refractivity contribution in [3.05, 3.63) is 24.3 Å². The Bertz CT molecular complexity index is 506. The van der Waals surface area contributed by atoms with Crippen molar-refractivity contribution in [2.75, 3.05) is 6.54 Å². The molecule has 0 aliphatic heterocycles. The molecule has 3 rings (SSSR count). The highest BCUT2D eigenvalue weighted by atomic mass is 14.6. The molecule has 2 fully saturated rings. The molecule has 2 N–H and O–H groups in total. The summed E-state index contributed by atoms with van der Waals surface area (Å²) in [6.07, 6.45) is 18.4. The summed E-state index contributed by atoms with van der Waals surface area (Å²) in [5.41, 5.74) is 8.86. The third kappa shape index (κ3) is 2.81. The SMILES string of the molecule is C=C[C@@]1(C)CCC=C2[C@H]1CC[C@@H]1[C@](C)(CCCCN)CCC[C@@]21C. The first-order valence-corrected chi connectivity index (χ1v) is 10.4. The van der Waals surface area contributed by atoms with Crippen molar-refractivity contribution in [2.24, 2.45) is 33.8 Å². The molecule has 3 aliphatic carbocycles. The average Bonchev–Trinajstić information content (AvgIpc) is 2.56. The Labute approximate surface area is 150 Å². The number of unbranched alkanes of at least 4 members (excludes halogenated alkanes) is 1. The van der Waals surface area contributed by atoms with E-state index in [0.29, 0.717) is 16.2 Å². The summed E-state index contributed by atoms with van der Waals surface area (Å²) >= 11 is 0. The van der Waals surface area contributed by atoms with Crippen LogP contribution in [-0.4, -0.2) is 6.54 Å². The van der Waals surface area contributed by atoms with Crippen LogP contribution in [0.2, 0.25) is 0 Å². The second kappa shape index (κ2) is 6.63. The highest BCUT2D eigenvalue weighted by molar-refractivity contribution is 5.30. The topological polar surface area (TPSA) is 26.0 Å². The zero-order valence-electron chi connectivity index (χ0n) is 16.4. The molecule has 2 saturated carbocycles. The number of rotatable bonds is 5. The Balaban J connectivity index is 1.89. The molecule has 0 saturated heterocycles. The maximum Gasteiger partial charge on any atom is -0.00773 e. The van der Waals surface area contributed by atoms with Gasteiger partial charge in [0.25, 0.3) is 0 Å². The van der Waals surface area contributed by atoms with E-state index in [1.165, 1.54) is 64.2 Å². The van der Waals surface area contributed by atoms with E-state index < -0.39 is 0 Å². The summed E-state index contributed by atoms with van der Waals surface area (Å²) < 4.78 is 0. The van der Waals surface area contributed by atoms with Gasteiger partial charge in [0.05, 0.1) is 0 Å². The summed E-state index contributed by atoms with van der Waals surface area (Å²) in [5.74, 6) is 1.61. The third-order valence-electron chi connectivity index (χ3n) is 8.34. The number of hydrogen-bond acceptors (Lipinski definition) is 1. The van der Waals surface area contributed by atoms with Gasteiger partial charge in [-0.1, -0.05) is 51.3 Å². The van der Waals surface area contributed by atoms with Crippen molar-refractivity contribution in [2.45, 2.75) is 85.0 Å². The summed E-state index contributed by atoms with van der Waals surface area (Å²) in [6.45, 7) is 12.7. The van der Waals surface area contributed by atoms with Crippen molar-refractivity contribution >= 4 is 0 Å². The lowest BCUT2D eigenvalue weighted by Gasteiger charge is -2.61. The van der Waals surface area contributed by atoms with Gasteiger partial charge >= 0.3 is 0 Å². The van der Waals surface area contributed by atoms with Crippen LogP contribution in [-0.2, 0) is 0 Å².